The quantitative estimate of drug-likeness (QED) is 0.500. The van der Waals surface area contributed by atoms with Crippen LogP contribution in [-0.2, 0) is 0 Å². The number of nitrogens with two attached hydrogens (primary N) is 2. The van der Waals surface area contributed by atoms with E-state index < -0.39 is 0 Å². The molecule has 1 aromatic heterocycles. The Morgan fingerprint density at radius 3 is 2.56 bits per heavy atom. The van der Waals surface area contributed by atoms with Crippen LogP contribution in [0.25, 0.3) is 0 Å². The second kappa shape index (κ2) is 5.07. The van der Waals surface area contributed by atoms with E-state index in [0.717, 1.165) is 11.3 Å². The lowest BCUT2D eigenvalue weighted by atomic mass is 10.2. The summed E-state index contributed by atoms with van der Waals surface area (Å²) in [7, 11) is 0. The average Bonchev–Trinajstić information content (AvgIpc) is 2.32. The summed E-state index contributed by atoms with van der Waals surface area (Å²) in [5.41, 5.74) is 9.79. The summed E-state index contributed by atoms with van der Waals surface area (Å²) in [5.74, 6) is 6.34. The second-order valence-electron chi connectivity index (χ2n) is 3.75. The van der Waals surface area contributed by atoms with Gasteiger partial charge in [-0.05, 0) is 24.6 Å². The maximum atomic E-state index is 6.12. The smallest absolute Gasteiger partial charge is 0.223 e. The van der Waals surface area contributed by atoms with E-state index in [9.17, 15) is 0 Å². The van der Waals surface area contributed by atoms with Crippen molar-refractivity contribution in [3.8, 4) is 0 Å². The zero-order chi connectivity index (χ0) is 13.1. The van der Waals surface area contributed by atoms with Crippen molar-refractivity contribution >= 4 is 34.9 Å². The Bertz CT molecular complexity index is 571. The summed E-state index contributed by atoms with van der Waals surface area (Å²) in [6, 6.07) is 7.30. The van der Waals surface area contributed by atoms with Gasteiger partial charge in [0, 0.05) is 6.07 Å². The maximum Gasteiger partial charge on any atom is 0.223 e. The van der Waals surface area contributed by atoms with Gasteiger partial charge in [-0.2, -0.15) is 9.97 Å². The van der Waals surface area contributed by atoms with Gasteiger partial charge in [0.25, 0.3) is 0 Å². The molecular weight excluding hydrogens is 252 g/mol. The van der Waals surface area contributed by atoms with Gasteiger partial charge in [-0.15, -0.1) is 0 Å². The van der Waals surface area contributed by atoms with E-state index in [4.69, 9.17) is 23.2 Å². The SMILES string of the molecule is Cc1ccc(Nc2cc(NN)nc(N)n2)c(Cl)c1. The molecule has 0 amide bonds. The van der Waals surface area contributed by atoms with Gasteiger partial charge in [-0.3, -0.25) is 0 Å². The van der Waals surface area contributed by atoms with Crippen molar-refractivity contribution in [2.45, 2.75) is 6.92 Å². The number of aromatic nitrogens is 2. The number of aryl methyl sites for hydroxylation is 1. The van der Waals surface area contributed by atoms with Crippen molar-refractivity contribution in [2.75, 3.05) is 16.5 Å². The Morgan fingerprint density at radius 1 is 1.17 bits per heavy atom. The minimum absolute atomic E-state index is 0.121. The molecule has 0 saturated heterocycles. The first-order valence-electron chi connectivity index (χ1n) is 5.23. The van der Waals surface area contributed by atoms with Gasteiger partial charge in [-0.1, -0.05) is 17.7 Å². The highest BCUT2D eigenvalue weighted by atomic mass is 35.5. The molecule has 2 aromatic rings. The molecule has 0 atom stereocenters. The van der Waals surface area contributed by atoms with Crippen LogP contribution in [0.4, 0.5) is 23.3 Å². The van der Waals surface area contributed by atoms with E-state index >= 15 is 0 Å². The molecule has 0 bridgehead atoms. The third-order valence-electron chi connectivity index (χ3n) is 2.28. The van der Waals surface area contributed by atoms with Gasteiger partial charge in [-0.25, -0.2) is 5.84 Å². The van der Waals surface area contributed by atoms with Crippen LogP contribution in [-0.4, -0.2) is 9.97 Å². The van der Waals surface area contributed by atoms with Crippen LogP contribution in [0.3, 0.4) is 0 Å². The minimum Gasteiger partial charge on any atom is -0.368 e. The molecule has 94 valence electrons. The lowest BCUT2D eigenvalue weighted by molar-refractivity contribution is 1.15. The van der Waals surface area contributed by atoms with Gasteiger partial charge < -0.3 is 16.5 Å². The fraction of sp³-hybridized carbons (Fsp3) is 0.0909. The molecule has 1 aromatic carbocycles. The number of hydrogen-bond donors (Lipinski definition) is 4. The van der Waals surface area contributed by atoms with E-state index in [1.807, 2.05) is 25.1 Å². The molecule has 6 N–H and O–H groups in total. The third kappa shape index (κ3) is 2.79. The minimum atomic E-state index is 0.121. The predicted octanol–water partition coefficient (Wildman–Crippen LogP) is 2.05. The zero-order valence-electron chi connectivity index (χ0n) is 9.74. The maximum absolute atomic E-state index is 6.12. The summed E-state index contributed by atoms with van der Waals surface area (Å²) in [6.07, 6.45) is 0. The fourth-order valence-corrected chi connectivity index (χ4v) is 1.75. The van der Waals surface area contributed by atoms with E-state index in [-0.39, 0.29) is 5.95 Å². The van der Waals surface area contributed by atoms with Crippen molar-refractivity contribution in [1.29, 1.82) is 0 Å². The molecular formula is C11H13ClN6. The van der Waals surface area contributed by atoms with E-state index in [1.165, 1.54) is 0 Å². The number of nitrogens with zero attached hydrogens (tertiary/aromatic N) is 2. The van der Waals surface area contributed by atoms with Crippen molar-refractivity contribution < 1.29 is 0 Å². The number of benzene rings is 1. The lowest BCUT2D eigenvalue weighted by Gasteiger charge is -2.09. The number of nitrogen functional groups attached to an aromatic ring is 2. The number of nitrogens with one attached hydrogen (secondary N) is 2. The van der Waals surface area contributed by atoms with Crippen molar-refractivity contribution in [3.63, 3.8) is 0 Å². The molecule has 18 heavy (non-hydrogen) atoms. The molecule has 0 saturated carbocycles. The van der Waals surface area contributed by atoms with Crippen LogP contribution in [0.5, 0.6) is 0 Å². The first-order chi connectivity index (χ1) is 8.58. The van der Waals surface area contributed by atoms with Crippen molar-refractivity contribution in [2.24, 2.45) is 5.84 Å². The van der Waals surface area contributed by atoms with Crippen molar-refractivity contribution in [1.82, 2.24) is 9.97 Å². The summed E-state index contributed by atoms with van der Waals surface area (Å²) >= 11 is 6.12. The van der Waals surface area contributed by atoms with Crippen LogP contribution in [0.15, 0.2) is 24.3 Å². The predicted molar refractivity (Wildman–Crippen MR) is 73.7 cm³/mol. The first-order valence-corrected chi connectivity index (χ1v) is 5.60. The van der Waals surface area contributed by atoms with Gasteiger partial charge in [0.1, 0.15) is 11.6 Å². The van der Waals surface area contributed by atoms with Crippen LogP contribution in [0.1, 0.15) is 5.56 Å². The zero-order valence-corrected chi connectivity index (χ0v) is 10.5. The van der Waals surface area contributed by atoms with Crippen LogP contribution in [0, 0.1) is 6.92 Å². The highest BCUT2D eigenvalue weighted by Crippen LogP contribution is 2.26. The molecule has 7 heteroatoms. The molecule has 0 aliphatic carbocycles. The monoisotopic (exact) mass is 264 g/mol. The molecule has 0 spiro atoms. The molecule has 2 rings (SSSR count). The Kier molecular flexibility index (Phi) is 3.50. The van der Waals surface area contributed by atoms with Gasteiger partial charge in [0.05, 0.1) is 10.7 Å². The normalized spacial score (nSPS) is 10.2. The number of hydrazine groups is 1. The topological polar surface area (TPSA) is 102 Å². The second-order valence-corrected chi connectivity index (χ2v) is 4.16. The third-order valence-corrected chi connectivity index (χ3v) is 2.59. The van der Waals surface area contributed by atoms with E-state index in [1.54, 1.807) is 6.07 Å². The molecule has 0 aliphatic heterocycles. The molecule has 1 heterocycles. The lowest BCUT2D eigenvalue weighted by Crippen LogP contribution is -2.11. The average molecular weight is 265 g/mol. The first kappa shape index (κ1) is 12.4. The van der Waals surface area contributed by atoms with Gasteiger partial charge in [0.15, 0.2) is 0 Å². The number of rotatable bonds is 3. The van der Waals surface area contributed by atoms with Gasteiger partial charge in [0.2, 0.25) is 5.95 Å². The molecule has 0 aliphatic rings. The number of hydrogen-bond acceptors (Lipinski definition) is 6. The fourth-order valence-electron chi connectivity index (χ4n) is 1.46. The molecule has 0 unspecified atom stereocenters. The Labute approximate surface area is 109 Å². The summed E-state index contributed by atoms with van der Waals surface area (Å²) in [4.78, 5) is 7.93. The highest BCUT2D eigenvalue weighted by molar-refractivity contribution is 6.33. The molecule has 6 nitrogen and oxygen atoms in total. The number of halogens is 1. The van der Waals surface area contributed by atoms with Crippen LogP contribution >= 0.6 is 11.6 Å². The Morgan fingerprint density at radius 2 is 1.89 bits per heavy atom. The molecule has 0 fully saturated rings. The van der Waals surface area contributed by atoms with Crippen LogP contribution < -0.4 is 22.3 Å². The van der Waals surface area contributed by atoms with Crippen molar-refractivity contribution in [3.05, 3.63) is 34.9 Å². The molecule has 0 radical (unpaired) electrons. The highest BCUT2D eigenvalue weighted by Gasteiger charge is 2.05. The summed E-state index contributed by atoms with van der Waals surface area (Å²) in [6.45, 7) is 1.97. The summed E-state index contributed by atoms with van der Waals surface area (Å²) in [5, 5.41) is 3.66. The van der Waals surface area contributed by atoms with Gasteiger partial charge >= 0.3 is 0 Å². The summed E-state index contributed by atoms with van der Waals surface area (Å²) < 4.78 is 0. The largest absolute Gasteiger partial charge is 0.368 e. The van der Waals surface area contributed by atoms with E-state index in [0.29, 0.717) is 16.7 Å². The standard InChI is InChI=1S/C11H13ClN6/c1-6-2-3-8(7(12)4-6)15-9-5-10(18-14)17-11(13)16-9/h2-5H,14H2,1H3,(H4,13,15,16,17,18). The van der Waals surface area contributed by atoms with Crippen LogP contribution in [0.2, 0.25) is 5.02 Å². The van der Waals surface area contributed by atoms with E-state index in [2.05, 4.69) is 20.7 Å². The Balaban J connectivity index is 2.30. The Hall–Kier alpha value is -2.05. The number of anilines is 4.